The van der Waals surface area contributed by atoms with Crippen LogP contribution in [0.4, 0.5) is 4.39 Å². The highest BCUT2D eigenvalue weighted by Gasteiger charge is 2.11. The van der Waals surface area contributed by atoms with Crippen molar-refractivity contribution in [3.05, 3.63) is 78.9 Å². The van der Waals surface area contributed by atoms with Crippen molar-refractivity contribution in [2.75, 3.05) is 0 Å². The average Bonchev–Trinajstić information content (AvgIpc) is 3.27. The maximum Gasteiger partial charge on any atom is 0.258 e. The molecule has 0 aliphatic rings. The van der Waals surface area contributed by atoms with Gasteiger partial charge in [-0.15, -0.1) is 0 Å². The molecule has 2 aromatic heterocycles. The molecule has 0 bridgehead atoms. The molecule has 4 rings (SSSR count). The maximum atomic E-state index is 13.3. The molecule has 0 saturated carbocycles. The molecule has 5 heteroatoms. The number of hydrogen-bond acceptors (Lipinski definition) is 3. The van der Waals surface area contributed by atoms with Gasteiger partial charge in [0.15, 0.2) is 0 Å². The molecule has 0 atom stereocenters. The molecule has 0 saturated heterocycles. The molecule has 23 heavy (non-hydrogen) atoms. The molecular formula is C18H12FN3O. The second-order valence-corrected chi connectivity index (χ2v) is 5.07. The van der Waals surface area contributed by atoms with Crippen molar-refractivity contribution in [1.82, 2.24) is 14.7 Å². The van der Waals surface area contributed by atoms with Crippen LogP contribution in [0.25, 0.3) is 28.5 Å². The second kappa shape index (κ2) is 5.53. The van der Waals surface area contributed by atoms with E-state index in [2.05, 4.69) is 10.1 Å². The van der Waals surface area contributed by atoms with E-state index in [9.17, 15) is 4.39 Å². The van der Waals surface area contributed by atoms with Gasteiger partial charge in [-0.3, -0.25) is 0 Å². The molecule has 0 amide bonds. The zero-order chi connectivity index (χ0) is 15.6. The number of rotatable bonds is 3. The molecule has 4 nitrogen and oxygen atoms in total. The van der Waals surface area contributed by atoms with E-state index in [4.69, 9.17) is 4.52 Å². The average molecular weight is 305 g/mol. The first-order valence-corrected chi connectivity index (χ1v) is 7.13. The predicted molar refractivity (Wildman–Crippen MR) is 84.5 cm³/mol. The van der Waals surface area contributed by atoms with Gasteiger partial charge in [0, 0.05) is 29.2 Å². The van der Waals surface area contributed by atoms with Crippen molar-refractivity contribution >= 4 is 0 Å². The van der Waals surface area contributed by atoms with E-state index in [0.29, 0.717) is 17.3 Å². The zero-order valence-electron chi connectivity index (χ0n) is 12.1. The molecule has 2 aromatic carbocycles. The fourth-order valence-corrected chi connectivity index (χ4v) is 2.37. The molecule has 4 aromatic rings. The lowest BCUT2D eigenvalue weighted by atomic mass is 10.2. The molecule has 0 fully saturated rings. The van der Waals surface area contributed by atoms with Crippen LogP contribution in [0.5, 0.6) is 0 Å². The zero-order valence-corrected chi connectivity index (χ0v) is 12.1. The predicted octanol–water partition coefficient (Wildman–Crippen LogP) is 4.33. The highest BCUT2D eigenvalue weighted by atomic mass is 19.1. The van der Waals surface area contributed by atoms with Crippen LogP contribution < -0.4 is 0 Å². The summed E-state index contributed by atoms with van der Waals surface area (Å²) in [6.07, 6.45) is 3.96. The molecular weight excluding hydrogens is 293 g/mol. The Hall–Kier alpha value is -3.21. The summed E-state index contributed by atoms with van der Waals surface area (Å²) in [6.45, 7) is 0. The first-order valence-electron chi connectivity index (χ1n) is 7.13. The van der Waals surface area contributed by atoms with E-state index in [1.165, 1.54) is 12.1 Å². The number of hydrogen-bond donors (Lipinski definition) is 0. The van der Waals surface area contributed by atoms with Crippen LogP contribution in [-0.2, 0) is 0 Å². The van der Waals surface area contributed by atoms with E-state index in [1.54, 1.807) is 12.1 Å². The number of aromatic nitrogens is 3. The second-order valence-electron chi connectivity index (χ2n) is 5.07. The molecule has 0 radical (unpaired) electrons. The Morgan fingerprint density at radius 2 is 1.65 bits per heavy atom. The van der Waals surface area contributed by atoms with Crippen LogP contribution in [-0.4, -0.2) is 14.7 Å². The van der Waals surface area contributed by atoms with E-state index in [1.807, 2.05) is 53.4 Å². The lowest BCUT2D eigenvalue weighted by Crippen LogP contribution is -1.89. The minimum absolute atomic E-state index is 0.300. The summed E-state index contributed by atoms with van der Waals surface area (Å²) < 4.78 is 20.5. The summed E-state index contributed by atoms with van der Waals surface area (Å²) in [5.74, 6) is 0.440. The van der Waals surface area contributed by atoms with Crippen molar-refractivity contribution in [3.8, 4) is 28.5 Å². The first-order chi connectivity index (χ1) is 11.3. The summed E-state index contributed by atoms with van der Waals surface area (Å²) >= 11 is 0. The van der Waals surface area contributed by atoms with Crippen LogP contribution in [0.15, 0.2) is 77.6 Å². The van der Waals surface area contributed by atoms with E-state index < -0.39 is 0 Å². The van der Waals surface area contributed by atoms with Crippen LogP contribution in [0.3, 0.4) is 0 Å². The van der Waals surface area contributed by atoms with Gasteiger partial charge in [-0.1, -0.05) is 11.2 Å². The lowest BCUT2D eigenvalue weighted by Gasteiger charge is -2.02. The molecule has 0 aliphatic heterocycles. The molecule has 2 heterocycles. The Labute approximate surface area is 131 Å². The Bertz CT molecular complexity index is 927. The standard InChI is InChI=1S/C18H12FN3O/c19-15-5-3-4-14(12-15)18-20-17(21-23-18)13-6-8-16(9-7-13)22-10-1-2-11-22/h1-12H. The third-order valence-corrected chi connectivity index (χ3v) is 3.53. The third-order valence-electron chi connectivity index (χ3n) is 3.53. The minimum atomic E-state index is -0.335. The smallest absolute Gasteiger partial charge is 0.258 e. The normalized spacial score (nSPS) is 10.8. The summed E-state index contributed by atoms with van der Waals surface area (Å²) in [5, 5.41) is 3.97. The van der Waals surface area contributed by atoms with Crippen LogP contribution in [0.1, 0.15) is 0 Å². The molecule has 0 spiro atoms. The van der Waals surface area contributed by atoms with Gasteiger partial charge in [-0.25, -0.2) is 4.39 Å². The Morgan fingerprint density at radius 1 is 0.870 bits per heavy atom. The highest BCUT2D eigenvalue weighted by Crippen LogP contribution is 2.23. The number of halogens is 1. The van der Waals surface area contributed by atoms with Gasteiger partial charge in [0.25, 0.3) is 5.89 Å². The highest BCUT2D eigenvalue weighted by molar-refractivity contribution is 5.60. The lowest BCUT2D eigenvalue weighted by molar-refractivity contribution is 0.432. The Morgan fingerprint density at radius 3 is 2.39 bits per heavy atom. The van der Waals surface area contributed by atoms with Gasteiger partial charge in [0.1, 0.15) is 5.82 Å². The van der Waals surface area contributed by atoms with Gasteiger partial charge in [0.2, 0.25) is 5.82 Å². The van der Waals surface area contributed by atoms with Crippen molar-refractivity contribution < 1.29 is 8.91 Å². The van der Waals surface area contributed by atoms with Crippen LogP contribution in [0.2, 0.25) is 0 Å². The fraction of sp³-hybridized carbons (Fsp3) is 0. The van der Waals surface area contributed by atoms with E-state index in [-0.39, 0.29) is 5.82 Å². The van der Waals surface area contributed by atoms with Crippen molar-refractivity contribution in [2.45, 2.75) is 0 Å². The van der Waals surface area contributed by atoms with Gasteiger partial charge >= 0.3 is 0 Å². The van der Waals surface area contributed by atoms with Gasteiger partial charge < -0.3 is 9.09 Å². The van der Waals surface area contributed by atoms with Crippen molar-refractivity contribution in [1.29, 1.82) is 0 Å². The topological polar surface area (TPSA) is 43.9 Å². The Kier molecular flexibility index (Phi) is 3.24. The van der Waals surface area contributed by atoms with Crippen molar-refractivity contribution in [2.24, 2.45) is 0 Å². The first kappa shape index (κ1) is 13.5. The van der Waals surface area contributed by atoms with Gasteiger partial charge in [-0.05, 0) is 54.6 Å². The minimum Gasteiger partial charge on any atom is -0.334 e. The fourth-order valence-electron chi connectivity index (χ4n) is 2.37. The largest absolute Gasteiger partial charge is 0.334 e. The summed E-state index contributed by atoms with van der Waals surface area (Å²) in [7, 11) is 0. The quantitative estimate of drug-likeness (QED) is 0.566. The molecule has 0 unspecified atom stereocenters. The summed E-state index contributed by atoms with van der Waals surface area (Å²) in [4.78, 5) is 4.33. The van der Waals surface area contributed by atoms with E-state index in [0.717, 1.165) is 11.3 Å². The number of nitrogens with zero attached hydrogens (tertiary/aromatic N) is 3. The SMILES string of the molecule is Fc1cccc(-c2nc(-c3ccc(-n4cccc4)cc3)no2)c1. The van der Waals surface area contributed by atoms with Crippen molar-refractivity contribution in [3.63, 3.8) is 0 Å². The maximum absolute atomic E-state index is 13.3. The van der Waals surface area contributed by atoms with Gasteiger partial charge in [-0.2, -0.15) is 4.98 Å². The summed E-state index contributed by atoms with van der Waals surface area (Å²) in [6, 6.07) is 17.8. The molecule has 112 valence electrons. The Balaban J connectivity index is 1.64. The van der Waals surface area contributed by atoms with Crippen LogP contribution >= 0.6 is 0 Å². The number of benzene rings is 2. The van der Waals surface area contributed by atoms with Gasteiger partial charge in [0.05, 0.1) is 0 Å². The molecule has 0 N–H and O–H groups in total. The molecule has 0 aliphatic carbocycles. The van der Waals surface area contributed by atoms with E-state index >= 15 is 0 Å². The third kappa shape index (κ3) is 2.64. The van der Waals surface area contributed by atoms with Crippen LogP contribution in [0, 0.1) is 5.82 Å². The monoisotopic (exact) mass is 305 g/mol. The summed E-state index contributed by atoms with van der Waals surface area (Å²) in [5.41, 5.74) is 2.45.